The highest BCUT2D eigenvalue weighted by Crippen LogP contribution is 1.96. The Bertz CT molecular complexity index is 92.6. The zero-order valence-corrected chi connectivity index (χ0v) is 5.48. The lowest BCUT2D eigenvalue weighted by Gasteiger charge is -1.87. The maximum absolute atomic E-state index is 10.1. The molecule has 1 nitrogen and oxygen atoms in total. The molecule has 0 unspecified atom stereocenters. The zero-order valence-electron chi connectivity index (χ0n) is 5.48. The van der Waals surface area contributed by atoms with Gasteiger partial charge in [-0.1, -0.05) is 19.9 Å². The average molecular weight is 112 g/mol. The number of carbonyl (C=O) groups excluding carboxylic acids is 1. The topological polar surface area (TPSA) is 17.1 Å². The van der Waals surface area contributed by atoms with Gasteiger partial charge < -0.3 is 0 Å². The van der Waals surface area contributed by atoms with Crippen molar-refractivity contribution in [3.63, 3.8) is 0 Å². The normalized spacial score (nSPS) is 11.5. The van der Waals surface area contributed by atoms with Crippen LogP contribution in [0.25, 0.3) is 0 Å². The standard InChI is InChI=1S/C7H12O/c1-3-5-7(4-2)6-8/h5-6H,3-4H2,1-2H3/b7-5-. The molecule has 0 aliphatic carbocycles. The molecule has 0 saturated carbocycles. The van der Waals surface area contributed by atoms with Crippen molar-refractivity contribution in [1.29, 1.82) is 0 Å². The molecular weight excluding hydrogens is 100 g/mol. The van der Waals surface area contributed by atoms with E-state index in [1.165, 1.54) is 0 Å². The molecule has 0 N–H and O–H groups in total. The van der Waals surface area contributed by atoms with Crippen LogP contribution in [0.4, 0.5) is 0 Å². The van der Waals surface area contributed by atoms with Gasteiger partial charge in [-0.25, -0.2) is 0 Å². The van der Waals surface area contributed by atoms with Crippen molar-refractivity contribution in [3.8, 4) is 0 Å². The summed E-state index contributed by atoms with van der Waals surface area (Å²) in [4.78, 5) is 10.1. The van der Waals surface area contributed by atoms with E-state index in [-0.39, 0.29) is 0 Å². The van der Waals surface area contributed by atoms with Crippen molar-refractivity contribution >= 4 is 6.29 Å². The molecule has 46 valence electrons. The van der Waals surface area contributed by atoms with E-state index in [0.717, 1.165) is 24.7 Å². The van der Waals surface area contributed by atoms with Crippen LogP contribution in [0.1, 0.15) is 26.7 Å². The van der Waals surface area contributed by atoms with Gasteiger partial charge in [-0.2, -0.15) is 0 Å². The fourth-order valence-electron chi connectivity index (χ4n) is 0.538. The van der Waals surface area contributed by atoms with Gasteiger partial charge in [-0.3, -0.25) is 4.79 Å². The fraction of sp³-hybridized carbons (Fsp3) is 0.571. The molecule has 0 aromatic rings. The first kappa shape index (κ1) is 7.41. The Kier molecular flexibility index (Phi) is 4.23. The van der Waals surface area contributed by atoms with Gasteiger partial charge in [0.2, 0.25) is 0 Å². The average Bonchev–Trinajstić information content (AvgIpc) is 1.83. The highest BCUT2D eigenvalue weighted by atomic mass is 16.1. The number of hydrogen-bond acceptors (Lipinski definition) is 1. The van der Waals surface area contributed by atoms with Crippen molar-refractivity contribution in [2.24, 2.45) is 0 Å². The van der Waals surface area contributed by atoms with Gasteiger partial charge in [0, 0.05) is 0 Å². The zero-order chi connectivity index (χ0) is 6.41. The van der Waals surface area contributed by atoms with Crippen LogP contribution in [0.2, 0.25) is 0 Å². The summed E-state index contributed by atoms with van der Waals surface area (Å²) < 4.78 is 0. The molecule has 1 heteroatoms. The van der Waals surface area contributed by atoms with E-state index in [9.17, 15) is 4.79 Å². The molecule has 0 aromatic carbocycles. The second kappa shape index (κ2) is 4.57. The van der Waals surface area contributed by atoms with E-state index in [4.69, 9.17) is 0 Å². The van der Waals surface area contributed by atoms with Gasteiger partial charge in [0.25, 0.3) is 0 Å². The molecule has 8 heavy (non-hydrogen) atoms. The monoisotopic (exact) mass is 112 g/mol. The van der Waals surface area contributed by atoms with Crippen LogP contribution in [0, 0.1) is 0 Å². The van der Waals surface area contributed by atoms with Crippen LogP contribution in [-0.2, 0) is 4.79 Å². The third-order valence-corrected chi connectivity index (χ3v) is 1.03. The minimum atomic E-state index is 0.858. The van der Waals surface area contributed by atoms with Crippen molar-refractivity contribution in [3.05, 3.63) is 11.6 Å². The molecule has 0 aliphatic heterocycles. The van der Waals surface area contributed by atoms with Gasteiger partial charge in [0.05, 0.1) is 0 Å². The summed E-state index contributed by atoms with van der Waals surface area (Å²) >= 11 is 0. The van der Waals surface area contributed by atoms with Crippen molar-refractivity contribution < 1.29 is 4.79 Å². The molecule has 0 rings (SSSR count). The van der Waals surface area contributed by atoms with E-state index in [2.05, 4.69) is 0 Å². The maximum Gasteiger partial charge on any atom is 0.145 e. The lowest BCUT2D eigenvalue weighted by Crippen LogP contribution is -1.79. The third-order valence-electron chi connectivity index (χ3n) is 1.03. The van der Waals surface area contributed by atoms with Crippen molar-refractivity contribution in [1.82, 2.24) is 0 Å². The first-order chi connectivity index (χ1) is 3.85. The lowest BCUT2D eigenvalue weighted by atomic mass is 10.2. The quantitative estimate of drug-likeness (QED) is 0.402. The molecular formula is C7H12O. The van der Waals surface area contributed by atoms with Crippen LogP contribution in [0.5, 0.6) is 0 Å². The molecule has 0 atom stereocenters. The molecule has 0 amide bonds. The molecule has 0 aliphatic rings. The smallest absolute Gasteiger partial charge is 0.145 e. The van der Waals surface area contributed by atoms with Gasteiger partial charge in [-0.15, -0.1) is 0 Å². The Morgan fingerprint density at radius 3 is 2.25 bits per heavy atom. The Labute approximate surface area is 50.4 Å². The summed E-state index contributed by atoms with van der Waals surface area (Å²) in [6, 6.07) is 0. The lowest BCUT2D eigenvalue weighted by molar-refractivity contribution is -0.105. The second-order valence-electron chi connectivity index (χ2n) is 1.66. The van der Waals surface area contributed by atoms with Crippen LogP contribution in [0.15, 0.2) is 11.6 Å². The number of allylic oxidation sites excluding steroid dienone is 2. The molecule has 0 saturated heterocycles. The molecule has 0 heterocycles. The highest BCUT2D eigenvalue weighted by Gasteiger charge is 1.84. The first-order valence-electron chi connectivity index (χ1n) is 2.99. The van der Waals surface area contributed by atoms with Crippen LogP contribution < -0.4 is 0 Å². The molecule has 0 radical (unpaired) electrons. The summed E-state index contributed by atoms with van der Waals surface area (Å²) in [7, 11) is 0. The summed E-state index contributed by atoms with van der Waals surface area (Å²) in [5.74, 6) is 0. The Morgan fingerprint density at radius 2 is 2.12 bits per heavy atom. The van der Waals surface area contributed by atoms with E-state index in [1.54, 1.807) is 0 Å². The summed E-state index contributed by atoms with van der Waals surface area (Å²) in [6.45, 7) is 4.01. The van der Waals surface area contributed by atoms with Crippen molar-refractivity contribution in [2.45, 2.75) is 26.7 Å². The van der Waals surface area contributed by atoms with Gasteiger partial charge in [0.1, 0.15) is 6.29 Å². The van der Waals surface area contributed by atoms with E-state index < -0.39 is 0 Å². The summed E-state index contributed by atoms with van der Waals surface area (Å²) in [5, 5.41) is 0. The maximum atomic E-state index is 10.1. The predicted octanol–water partition coefficient (Wildman–Crippen LogP) is 1.93. The predicted molar refractivity (Wildman–Crippen MR) is 34.7 cm³/mol. The molecule has 0 bridgehead atoms. The number of rotatable bonds is 3. The Balaban J connectivity index is 3.66. The Hall–Kier alpha value is -0.590. The largest absolute Gasteiger partial charge is 0.298 e. The second-order valence-corrected chi connectivity index (χ2v) is 1.66. The van der Waals surface area contributed by atoms with Gasteiger partial charge >= 0.3 is 0 Å². The molecule has 0 aromatic heterocycles. The van der Waals surface area contributed by atoms with Gasteiger partial charge in [-0.05, 0) is 18.4 Å². The number of aldehydes is 1. The first-order valence-corrected chi connectivity index (χ1v) is 2.99. The SMILES string of the molecule is CC/C=C(\C=O)CC. The number of hydrogen-bond donors (Lipinski definition) is 0. The molecule has 0 fully saturated rings. The molecule has 0 spiro atoms. The highest BCUT2D eigenvalue weighted by molar-refractivity contribution is 5.72. The van der Waals surface area contributed by atoms with Crippen LogP contribution in [-0.4, -0.2) is 6.29 Å². The fourth-order valence-corrected chi connectivity index (χ4v) is 0.538. The number of carbonyl (C=O) groups is 1. The van der Waals surface area contributed by atoms with Crippen LogP contribution >= 0.6 is 0 Å². The van der Waals surface area contributed by atoms with Gasteiger partial charge in [0.15, 0.2) is 0 Å². The van der Waals surface area contributed by atoms with E-state index in [1.807, 2.05) is 19.9 Å². The minimum absolute atomic E-state index is 0.858. The third kappa shape index (κ3) is 2.56. The summed E-state index contributed by atoms with van der Waals surface area (Å²) in [6.07, 6.45) is 4.69. The van der Waals surface area contributed by atoms with E-state index in [0.29, 0.717) is 0 Å². The minimum Gasteiger partial charge on any atom is -0.298 e. The van der Waals surface area contributed by atoms with E-state index >= 15 is 0 Å². The van der Waals surface area contributed by atoms with Crippen LogP contribution in [0.3, 0.4) is 0 Å². The van der Waals surface area contributed by atoms with Crippen molar-refractivity contribution in [2.75, 3.05) is 0 Å². The Morgan fingerprint density at radius 1 is 1.50 bits per heavy atom. The summed E-state index contributed by atoms with van der Waals surface area (Å²) in [5.41, 5.74) is 0.910.